The van der Waals surface area contributed by atoms with E-state index in [1.165, 1.54) is 16.8 Å². The zero-order chi connectivity index (χ0) is 14.0. The van der Waals surface area contributed by atoms with Crippen LogP contribution in [0.15, 0.2) is 24.3 Å². The molecule has 2 rings (SSSR count). The summed E-state index contributed by atoms with van der Waals surface area (Å²) in [6.45, 7) is 7.10. The molecule has 1 aromatic heterocycles. The van der Waals surface area contributed by atoms with Gasteiger partial charge in [-0.3, -0.25) is 0 Å². The van der Waals surface area contributed by atoms with Crippen molar-refractivity contribution in [3.63, 3.8) is 0 Å². The first kappa shape index (κ1) is 13.8. The summed E-state index contributed by atoms with van der Waals surface area (Å²) in [6, 6.07) is 8.71. The van der Waals surface area contributed by atoms with Crippen LogP contribution in [0.4, 0.5) is 0 Å². The Labute approximate surface area is 115 Å². The van der Waals surface area contributed by atoms with E-state index < -0.39 is 0 Å². The summed E-state index contributed by atoms with van der Waals surface area (Å²) in [6.07, 6.45) is 0.860. The Morgan fingerprint density at radius 2 is 1.84 bits per heavy atom. The van der Waals surface area contributed by atoms with Crippen LogP contribution in [0.3, 0.4) is 0 Å². The predicted molar refractivity (Wildman–Crippen MR) is 80.2 cm³/mol. The normalized spacial score (nSPS) is 11.3. The Balaban J connectivity index is 2.43. The number of rotatable bonds is 4. The van der Waals surface area contributed by atoms with Gasteiger partial charge in [0.25, 0.3) is 0 Å². The van der Waals surface area contributed by atoms with Crippen LogP contribution in [-0.2, 0) is 13.5 Å². The number of hydrogen-bond donors (Lipinski definition) is 1. The molecule has 3 heteroatoms. The molecular weight excluding hydrogens is 234 g/mol. The second-order valence-electron chi connectivity index (χ2n) is 5.33. The Bertz CT molecular complexity index is 550. The quantitative estimate of drug-likeness (QED) is 0.915. The summed E-state index contributed by atoms with van der Waals surface area (Å²) in [5.41, 5.74) is 10.5. The molecule has 0 aliphatic carbocycles. The SMILES string of the molecule is Cc1nc(-c2ccc(C(C)C)cc2)c(CCN)n1C. The van der Waals surface area contributed by atoms with Crippen LogP contribution in [0.5, 0.6) is 0 Å². The van der Waals surface area contributed by atoms with Crippen LogP contribution >= 0.6 is 0 Å². The van der Waals surface area contributed by atoms with Crippen molar-refractivity contribution in [2.75, 3.05) is 6.54 Å². The Morgan fingerprint density at radius 3 is 2.37 bits per heavy atom. The zero-order valence-electron chi connectivity index (χ0n) is 12.3. The molecule has 2 aromatic rings. The average molecular weight is 257 g/mol. The fourth-order valence-electron chi connectivity index (χ4n) is 2.34. The molecule has 0 saturated carbocycles. The molecule has 0 amide bonds. The lowest BCUT2D eigenvalue weighted by atomic mass is 10.00. The molecule has 0 bridgehead atoms. The fraction of sp³-hybridized carbons (Fsp3) is 0.438. The minimum absolute atomic E-state index is 0.558. The molecule has 0 spiro atoms. The van der Waals surface area contributed by atoms with E-state index in [1.807, 2.05) is 6.92 Å². The van der Waals surface area contributed by atoms with Crippen molar-refractivity contribution in [3.8, 4) is 11.3 Å². The second kappa shape index (κ2) is 5.57. The first-order chi connectivity index (χ1) is 9.04. The van der Waals surface area contributed by atoms with Crippen molar-refractivity contribution in [2.24, 2.45) is 12.8 Å². The highest BCUT2D eigenvalue weighted by molar-refractivity contribution is 5.63. The highest BCUT2D eigenvalue weighted by Gasteiger charge is 2.13. The maximum Gasteiger partial charge on any atom is 0.106 e. The molecule has 0 atom stereocenters. The van der Waals surface area contributed by atoms with Gasteiger partial charge in [0.2, 0.25) is 0 Å². The van der Waals surface area contributed by atoms with Crippen LogP contribution in [0.25, 0.3) is 11.3 Å². The Kier molecular flexibility index (Phi) is 4.05. The topological polar surface area (TPSA) is 43.8 Å². The molecule has 1 heterocycles. The van der Waals surface area contributed by atoms with Crippen molar-refractivity contribution in [2.45, 2.75) is 33.1 Å². The third kappa shape index (κ3) is 2.71. The van der Waals surface area contributed by atoms with Gasteiger partial charge in [0.15, 0.2) is 0 Å². The van der Waals surface area contributed by atoms with Gasteiger partial charge in [-0.25, -0.2) is 4.98 Å². The number of hydrogen-bond acceptors (Lipinski definition) is 2. The average Bonchev–Trinajstić information content (AvgIpc) is 2.68. The van der Waals surface area contributed by atoms with E-state index >= 15 is 0 Å². The molecule has 0 aliphatic rings. The second-order valence-corrected chi connectivity index (χ2v) is 5.33. The first-order valence-electron chi connectivity index (χ1n) is 6.87. The lowest BCUT2D eigenvalue weighted by molar-refractivity contribution is 0.778. The third-order valence-electron chi connectivity index (χ3n) is 3.67. The van der Waals surface area contributed by atoms with E-state index in [1.54, 1.807) is 0 Å². The van der Waals surface area contributed by atoms with E-state index in [2.05, 4.69) is 54.7 Å². The minimum atomic E-state index is 0.558. The number of imidazole rings is 1. The molecule has 0 fully saturated rings. The lowest BCUT2D eigenvalue weighted by Gasteiger charge is -2.08. The summed E-state index contributed by atoms with van der Waals surface area (Å²) in [5.74, 6) is 1.59. The third-order valence-corrected chi connectivity index (χ3v) is 3.67. The van der Waals surface area contributed by atoms with Gasteiger partial charge in [-0.15, -0.1) is 0 Å². The Morgan fingerprint density at radius 1 is 1.21 bits per heavy atom. The van der Waals surface area contributed by atoms with Gasteiger partial charge in [-0.1, -0.05) is 38.1 Å². The van der Waals surface area contributed by atoms with Crippen molar-refractivity contribution < 1.29 is 0 Å². The Hall–Kier alpha value is -1.61. The summed E-state index contributed by atoms with van der Waals surface area (Å²) in [7, 11) is 2.05. The monoisotopic (exact) mass is 257 g/mol. The van der Waals surface area contributed by atoms with Gasteiger partial charge in [0, 0.05) is 24.7 Å². The van der Waals surface area contributed by atoms with Crippen LogP contribution in [0, 0.1) is 6.92 Å². The van der Waals surface area contributed by atoms with E-state index in [4.69, 9.17) is 5.73 Å². The minimum Gasteiger partial charge on any atom is -0.335 e. The number of nitrogens with zero attached hydrogens (tertiary/aromatic N) is 2. The van der Waals surface area contributed by atoms with E-state index in [0.29, 0.717) is 12.5 Å². The molecular formula is C16H23N3. The van der Waals surface area contributed by atoms with Crippen molar-refractivity contribution in [1.29, 1.82) is 0 Å². The number of aromatic nitrogens is 2. The maximum atomic E-state index is 5.71. The highest BCUT2D eigenvalue weighted by Crippen LogP contribution is 2.25. The highest BCUT2D eigenvalue weighted by atomic mass is 15.1. The largest absolute Gasteiger partial charge is 0.335 e. The van der Waals surface area contributed by atoms with E-state index in [9.17, 15) is 0 Å². The number of benzene rings is 1. The first-order valence-corrected chi connectivity index (χ1v) is 6.87. The summed E-state index contributed by atoms with van der Waals surface area (Å²) in [4.78, 5) is 4.68. The summed E-state index contributed by atoms with van der Waals surface area (Å²) >= 11 is 0. The standard InChI is InChI=1S/C16H23N3/c1-11(2)13-5-7-14(8-6-13)16-15(9-10-17)19(4)12(3)18-16/h5-8,11H,9-10,17H2,1-4H3. The van der Waals surface area contributed by atoms with Gasteiger partial charge in [0.05, 0.1) is 5.69 Å². The molecule has 19 heavy (non-hydrogen) atoms. The van der Waals surface area contributed by atoms with Crippen molar-refractivity contribution >= 4 is 0 Å². The number of nitrogens with two attached hydrogens (primary N) is 1. The summed E-state index contributed by atoms with van der Waals surface area (Å²) < 4.78 is 2.14. The van der Waals surface area contributed by atoms with E-state index in [-0.39, 0.29) is 0 Å². The fourth-order valence-corrected chi connectivity index (χ4v) is 2.34. The van der Waals surface area contributed by atoms with Gasteiger partial charge < -0.3 is 10.3 Å². The van der Waals surface area contributed by atoms with Crippen molar-refractivity contribution in [1.82, 2.24) is 9.55 Å². The lowest BCUT2D eigenvalue weighted by Crippen LogP contribution is -2.08. The van der Waals surface area contributed by atoms with Gasteiger partial charge in [0.1, 0.15) is 5.82 Å². The van der Waals surface area contributed by atoms with Crippen molar-refractivity contribution in [3.05, 3.63) is 41.3 Å². The molecule has 2 N–H and O–H groups in total. The molecule has 0 aliphatic heterocycles. The molecule has 0 unspecified atom stereocenters. The van der Waals surface area contributed by atoms with Crippen LogP contribution in [-0.4, -0.2) is 16.1 Å². The molecule has 1 aromatic carbocycles. The summed E-state index contributed by atoms with van der Waals surface area (Å²) in [5, 5.41) is 0. The van der Waals surface area contributed by atoms with Crippen LogP contribution in [0.1, 0.15) is 36.8 Å². The van der Waals surface area contributed by atoms with E-state index in [0.717, 1.165) is 17.9 Å². The molecule has 0 radical (unpaired) electrons. The zero-order valence-corrected chi connectivity index (χ0v) is 12.3. The van der Waals surface area contributed by atoms with Crippen LogP contribution in [0.2, 0.25) is 0 Å². The predicted octanol–water partition coefficient (Wildman–Crippen LogP) is 3.02. The number of aryl methyl sites for hydroxylation is 1. The molecule has 3 nitrogen and oxygen atoms in total. The molecule has 0 saturated heterocycles. The molecule has 102 valence electrons. The van der Waals surface area contributed by atoms with Crippen LogP contribution < -0.4 is 5.73 Å². The maximum absolute atomic E-state index is 5.71. The van der Waals surface area contributed by atoms with Gasteiger partial charge >= 0.3 is 0 Å². The van der Waals surface area contributed by atoms with Gasteiger partial charge in [-0.05, 0) is 24.9 Å². The van der Waals surface area contributed by atoms with Gasteiger partial charge in [-0.2, -0.15) is 0 Å². The smallest absolute Gasteiger partial charge is 0.106 e.